The summed E-state index contributed by atoms with van der Waals surface area (Å²) in [7, 11) is -3.33. The van der Waals surface area contributed by atoms with Crippen LogP contribution in [0.4, 0.5) is 0 Å². The van der Waals surface area contributed by atoms with Gasteiger partial charge in [-0.2, -0.15) is 0 Å². The van der Waals surface area contributed by atoms with Crippen molar-refractivity contribution >= 4 is 21.0 Å². The van der Waals surface area contributed by atoms with E-state index in [4.69, 9.17) is 4.98 Å². The molecule has 5 nitrogen and oxygen atoms in total. The van der Waals surface area contributed by atoms with Crippen LogP contribution >= 0.6 is 0 Å². The van der Waals surface area contributed by atoms with Gasteiger partial charge in [-0.25, -0.2) is 18.4 Å². The fourth-order valence-electron chi connectivity index (χ4n) is 2.83. The minimum absolute atomic E-state index is 0.0649. The molecule has 0 saturated carbocycles. The Morgan fingerprint density at radius 1 is 1.17 bits per heavy atom. The molecule has 0 amide bonds. The van der Waals surface area contributed by atoms with E-state index < -0.39 is 9.84 Å². The Labute approximate surface area is 142 Å². The highest BCUT2D eigenvalue weighted by atomic mass is 32.2. The van der Waals surface area contributed by atoms with Crippen LogP contribution in [0.15, 0.2) is 41.4 Å². The summed E-state index contributed by atoms with van der Waals surface area (Å²) < 4.78 is 27.0. The standard InChI is InChI=1S/C18H21N3O2S/c1-4-10-21-17(20-15-11-13(3)12-19-18(15)21)14-8-6-7-9-16(14)24(22,23)5-2/h6-9,11-12H,4-5,10H2,1-3H3. The molecular formula is C18H21N3O2S. The minimum atomic E-state index is -3.33. The van der Waals surface area contributed by atoms with Crippen LogP contribution in [0.5, 0.6) is 0 Å². The topological polar surface area (TPSA) is 64.8 Å². The second-order valence-electron chi connectivity index (χ2n) is 5.84. The molecule has 0 spiro atoms. The molecule has 0 bridgehead atoms. The third-order valence-corrected chi connectivity index (χ3v) is 5.80. The SMILES string of the molecule is CCCn1c(-c2ccccc2S(=O)(=O)CC)nc2cc(C)cnc21. The van der Waals surface area contributed by atoms with Gasteiger partial charge in [-0.15, -0.1) is 0 Å². The van der Waals surface area contributed by atoms with Crippen LogP contribution in [-0.4, -0.2) is 28.7 Å². The first-order valence-corrected chi connectivity index (χ1v) is 9.78. The normalized spacial score (nSPS) is 12.0. The van der Waals surface area contributed by atoms with E-state index in [1.807, 2.05) is 35.9 Å². The molecule has 0 fully saturated rings. The van der Waals surface area contributed by atoms with Crippen molar-refractivity contribution in [2.75, 3.05) is 5.75 Å². The van der Waals surface area contributed by atoms with E-state index in [9.17, 15) is 8.42 Å². The molecule has 0 unspecified atom stereocenters. The monoisotopic (exact) mass is 343 g/mol. The van der Waals surface area contributed by atoms with Crippen LogP contribution in [0.1, 0.15) is 25.8 Å². The zero-order valence-electron chi connectivity index (χ0n) is 14.2. The molecule has 0 saturated heterocycles. The number of imidazole rings is 1. The Hall–Kier alpha value is -2.21. The van der Waals surface area contributed by atoms with E-state index >= 15 is 0 Å². The number of rotatable bonds is 5. The second kappa shape index (κ2) is 6.36. The largest absolute Gasteiger partial charge is 0.309 e. The molecule has 2 aromatic heterocycles. The molecule has 24 heavy (non-hydrogen) atoms. The van der Waals surface area contributed by atoms with E-state index in [-0.39, 0.29) is 5.75 Å². The molecule has 0 atom stereocenters. The highest BCUT2D eigenvalue weighted by molar-refractivity contribution is 7.91. The minimum Gasteiger partial charge on any atom is -0.309 e. The lowest BCUT2D eigenvalue weighted by Crippen LogP contribution is -2.08. The van der Waals surface area contributed by atoms with Crippen LogP contribution in [0.3, 0.4) is 0 Å². The van der Waals surface area contributed by atoms with Gasteiger partial charge in [-0.05, 0) is 37.1 Å². The number of hydrogen-bond donors (Lipinski definition) is 0. The molecule has 3 rings (SSSR count). The fraction of sp³-hybridized carbons (Fsp3) is 0.333. The van der Waals surface area contributed by atoms with E-state index in [1.54, 1.807) is 19.1 Å². The average molecular weight is 343 g/mol. The molecular weight excluding hydrogens is 322 g/mol. The first-order valence-electron chi connectivity index (χ1n) is 8.13. The molecule has 3 aromatic rings. The molecule has 0 aliphatic heterocycles. The predicted molar refractivity (Wildman–Crippen MR) is 95.7 cm³/mol. The lowest BCUT2D eigenvalue weighted by atomic mass is 10.2. The van der Waals surface area contributed by atoms with Crippen molar-refractivity contribution in [2.45, 2.75) is 38.6 Å². The number of benzene rings is 1. The quantitative estimate of drug-likeness (QED) is 0.710. The van der Waals surface area contributed by atoms with Crippen LogP contribution in [0.25, 0.3) is 22.6 Å². The Balaban J connectivity index is 2.33. The zero-order valence-corrected chi connectivity index (χ0v) is 15.0. The van der Waals surface area contributed by atoms with Gasteiger partial charge in [0.2, 0.25) is 0 Å². The lowest BCUT2D eigenvalue weighted by Gasteiger charge is -2.11. The molecule has 0 radical (unpaired) electrons. The number of sulfone groups is 1. The Bertz CT molecular complexity index is 991. The molecule has 1 aromatic carbocycles. The lowest BCUT2D eigenvalue weighted by molar-refractivity contribution is 0.597. The van der Waals surface area contributed by atoms with Crippen LogP contribution in [0, 0.1) is 6.92 Å². The molecule has 2 heterocycles. The summed E-state index contributed by atoms with van der Waals surface area (Å²) in [5, 5.41) is 0. The first-order chi connectivity index (χ1) is 11.5. The summed E-state index contributed by atoms with van der Waals surface area (Å²) in [6, 6.07) is 9.06. The van der Waals surface area contributed by atoms with E-state index in [2.05, 4.69) is 11.9 Å². The van der Waals surface area contributed by atoms with E-state index in [1.165, 1.54) is 0 Å². The number of pyridine rings is 1. The molecule has 6 heteroatoms. The van der Waals surface area contributed by atoms with E-state index in [0.29, 0.717) is 16.3 Å². The summed E-state index contributed by atoms with van der Waals surface area (Å²) in [6.07, 6.45) is 2.73. The number of hydrogen-bond acceptors (Lipinski definition) is 4. The van der Waals surface area contributed by atoms with E-state index in [0.717, 1.165) is 29.7 Å². The van der Waals surface area contributed by atoms with Gasteiger partial charge >= 0.3 is 0 Å². The van der Waals surface area contributed by atoms with Gasteiger partial charge in [0, 0.05) is 18.3 Å². The van der Waals surface area contributed by atoms with Crippen LogP contribution < -0.4 is 0 Å². The predicted octanol–water partition coefficient (Wildman–Crippen LogP) is 3.61. The van der Waals surface area contributed by atoms with Crippen molar-refractivity contribution in [1.29, 1.82) is 0 Å². The van der Waals surface area contributed by atoms with Crippen LogP contribution in [-0.2, 0) is 16.4 Å². The van der Waals surface area contributed by atoms with Crippen LogP contribution in [0.2, 0.25) is 0 Å². The highest BCUT2D eigenvalue weighted by Crippen LogP contribution is 2.30. The van der Waals surface area contributed by atoms with Gasteiger partial charge in [-0.3, -0.25) is 0 Å². The zero-order chi connectivity index (χ0) is 17.3. The summed E-state index contributed by atoms with van der Waals surface area (Å²) in [4.78, 5) is 9.55. The number of aryl methyl sites for hydroxylation is 2. The first kappa shape index (κ1) is 16.6. The Morgan fingerprint density at radius 3 is 2.62 bits per heavy atom. The maximum atomic E-state index is 12.5. The van der Waals surface area contributed by atoms with Gasteiger partial charge in [0.1, 0.15) is 11.3 Å². The fourth-order valence-corrected chi connectivity index (χ4v) is 3.92. The maximum absolute atomic E-state index is 12.5. The average Bonchev–Trinajstić information content (AvgIpc) is 2.93. The number of aromatic nitrogens is 3. The molecule has 126 valence electrons. The smallest absolute Gasteiger partial charge is 0.178 e. The third-order valence-electron chi connectivity index (χ3n) is 4.01. The number of nitrogens with zero attached hydrogens (tertiary/aromatic N) is 3. The summed E-state index contributed by atoms with van der Waals surface area (Å²) in [5.74, 6) is 0.729. The van der Waals surface area contributed by atoms with Gasteiger partial charge in [0.15, 0.2) is 15.5 Å². The molecule has 0 aliphatic carbocycles. The Kier molecular flexibility index (Phi) is 4.41. The number of fused-ring (bicyclic) bond motifs is 1. The second-order valence-corrected chi connectivity index (χ2v) is 8.09. The summed E-state index contributed by atoms with van der Waals surface area (Å²) in [5.41, 5.74) is 3.26. The van der Waals surface area contributed by atoms with Crippen molar-refractivity contribution in [3.8, 4) is 11.4 Å². The van der Waals surface area contributed by atoms with Crippen molar-refractivity contribution in [3.63, 3.8) is 0 Å². The van der Waals surface area contributed by atoms with Gasteiger partial charge < -0.3 is 4.57 Å². The van der Waals surface area contributed by atoms with Crippen molar-refractivity contribution in [2.24, 2.45) is 0 Å². The Morgan fingerprint density at radius 2 is 1.92 bits per heavy atom. The third kappa shape index (κ3) is 2.82. The van der Waals surface area contributed by atoms with Gasteiger partial charge in [0.25, 0.3) is 0 Å². The van der Waals surface area contributed by atoms with Crippen molar-refractivity contribution in [3.05, 3.63) is 42.1 Å². The van der Waals surface area contributed by atoms with Crippen molar-refractivity contribution < 1.29 is 8.42 Å². The summed E-state index contributed by atoms with van der Waals surface area (Å²) in [6.45, 7) is 6.45. The highest BCUT2D eigenvalue weighted by Gasteiger charge is 2.22. The summed E-state index contributed by atoms with van der Waals surface area (Å²) >= 11 is 0. The van der Waals surface area contributed by atoms with Crippen molar-refractivity contribution in [1.82, 2.24) is 14.5 Å². The van der Waals surface area contributed by atoms with Gasteiger partial charge in [-0.1, -0.05) is 26.0 Å². The molecule has 0 N–H and O–H groups in total. The maximum Gasteiger partial charge on any atom is 0.178 e. The molecule has 0 aliphatic rings. The van der Waals surface area contributed by atoms with Gasteiger partial charge in [0.05, 0.1) is 10.6 Å².